The zero-order valence-corrected chi connectivity index (χ0v) is 10.8. The number of nitrogens with one attached hydrogen (secondary N) is 2. The number of nitrogens with zero attached hydrogens (tertiary/aromatic N) is 4. The second-order valence-corrected chi connectivity index (χ2v) is 3.73. The molecule has 2 N–H and O–H groups in total. The number of hydrazone groups is 1. The molecule has 0 saturated heterocycles. The number of hydrogen-bond donors (Lipinski definition) is 2. The van der Waals surface area contributed by atoms with Gasteiger partial charge in [0.1, 0.15) is 0 Å². The number of benzene rings is 1. The normalized spacial score (nSPS) is 10.5. The van der Waals surface area contributed by atoms with Crippen LogP contribution in [0.4, 0.5) is 11.5 Å². The van der Waals surface area contributed by atoms with Crippen molar-refractivity contribution in [2.45, 2.75) is 0 Å². The number of aromatic amines is 1. The molecule has 0 spiro atoms. The third-order valence-corrected chi connectivity index (χ3v) is 2.36. The zero-order chi connectivity index (χ0) is 15.2. The number of aromatic nitrogens is 3. The summed E-state index contributed by atoms with van der Waals surface area (Å²) >= 11 is 0. The molecule has 1 aromatic carbocycles. The topological polar surface area (TPSA) is 135 Å². The van der Waals surface area contributed by atoms with Crippen molar-refractivity contribution < 1.29 is 9.66 Å². The van der Waals surface area contributed by atoms with E-state index < -0.39 is 10.6 Å². The van der Waals surface area contributed by atoms with Gasteiger partial charge in [0.15, 0.2) is 11.6 Å². The van der Waals surface area contributed by atoms with Crippen molar-refractivity contribution >= 4 is 17.7 Å². The summed E-state index contributed by atoms with van der Waals surface area (Å²) in [5.74, 6) is 0.309. The summed E-state index contributed by atoms with van der Waals surface area (Å²) in [6.45, 7) is 0. The summed E-state index contributed by atoms with van der Waals surface area (Å²) < 4.78 is 4.89. The summed E-state index contributed by atoms with van der Waals surface area (Å²) in [5, 5.41) is 20.3. The van der Waals surface area contributed by atoms with Crippen LogP contribution in [0.5, 0.6) is 5.75 Å². The molecule has 0 unspecified atom stereocenters. The standard InChI is InChI=1S/C11H10N6O4/c1-21-9-3-2-7(4-8(9)17(19)20)5-12-15-10-6-13-16-11(18)14-10/h2-6H,1H3,(H2,14,15,16,18). The first-order valence-electron chi connectivity index (χ1n) is 5.63. The monoisotopic (exact) mass is 290 g/mol. The van der Waals surface area contributed by atoms with E-state index in [0.29, 0.717) is 5.56 Å². The minimum absolute atomic E-state index is 0.151. The smallest absolute Gasteiger partial charge is 0.363 e. The predicted molar refractivity (Wildman–Crippen MR) is 73.5 cm³/mol. The highest BCUT2D eigenvalue weighted by molar-refractivity contribution is 5.82. The van der Waals surface area contributed by atoms with Crippen molar-refractivity contribution in [3.63, 3.8) is 0 Å². The van der Waals surface area contributed by atoms with Gasteiger partial charge < -0.3 is 4.74 Å². The van der Waals surface area contributed by atoms with Gasteiger partial charge in [0.25, 0.3) is 0 Å². The van der Waals surface area contributed by atoms with Crippen LogP contribution in [0.25, 0.3) is 0 Å². The molecule has 1 heterocycles. The summed E-state index contributed by atoms with van der Waals surface area (Å²) in [6.07, 6.45) is 2.62. The molecule has 0 aliphatic heterocycles. The van der Waals surface area contributed by atoms with Gasteiger partial charge in [0.05, 0.1) is 24.4 Å². The number of H-pyrrole nitrogens is 1. The number of methoxy groups -OCH3 is 1. The van der Waals surface area contributed by atoms with E-state index in [1.165, 1.54) is 31.7 Å². The maximum Gasteiger partial charge on any atom is 0.363 e. The molecule has 0 radical (unpaired) electrons. The second-order valence-electron chi connectivity index (χ2n) is 3.73. The van der Waals surface area contributed by atoms with Gasteiger partial charge in [-0.1, -0.05) is 0 Å². The van der Waals surface area contributed by atoms with Crippen molar-refractivity contribution in [3.05, 3.63) is 50.6 Å². The maximum absolute atomic E-state index is 10.9. The fourth-order valence-corrected chi connectivity index (χ4v) is 1.47. The molecule has 2 rings (SSSR count). The fraction of sp³-hybridized carbons (Fsp3) is 0.0909. The largest absolute Gasteiger partial charge is 0.490 e. The lowest BCUT2D eigenvalue weighted by atomic mass is 10.2. The Morgan fingerprint density at radius 1 is 1.52 bits per heavy atom. The Balaban J connectivity index is 2.16. The quantitative estimate of drug-likeness (QED) is 0.465. The lowest BCUT2D eigenvalue weighted by Gasteiger charge is -2.02. The van der Waals surface area contributed by atoms with E-state index in [9.17, 15) is 14.9 Å². The van der Waals surface area contributed by atoms with E-state index in [1.807, 2.05) is 0 Å². The molecule has 0 fully saturated rings. The van der Waals surface area contributed by atoms with Crippen molar-refractivity contribution in [2.75, 3.05) is 12.5 Å². The Bertz CT molecular complexity index is 741. The van der Waals surface area contributed by atoms with Gasteiger partial charge in [0.2, 0.25) is 0 Å². The first kappa shape index (κ1) is 14.1. The third-order valence-electron chi connectivity index (χ3n) is 2.36. The first-order chi connectivity index (χ1) is 10.1. The summed E-state index contributed by atoms with van der Waals surface area (Å²) in [5.41, 5.74) is 2.18. The average Bonchev–Trinajstić information content (AvgIpc) is 2.47. The Morgan fingerprint density at radius 2 is 2.33 bits per heavy atom. The molecule has 0 aliphatic rings. The van der Waals surface area contributed by atoms with E-state index in [0.717, 1.165) is 0 Å². The predicted octanol–water partition coefficient (Wildman–Crippen LogP) is 0.528. The molecule has 0 aliphatic carbocycles. The lowest BCUT2D eigenvalue weighted by molar-refractivity contribution is -0.385. The van der Waals surface area contributed by atoms with Crippen molar-refractivity contribution in [3.8, 4) is 5.75 Å². The SMILES string of the molecule is COc1ccc(C=NNc2cn[nH]c(=O)n2)cc1[N+](=O)[O-]. The van der Waals surface area contributed by atoms with Crippen LogP contribution in [0.2, 0.25) is 0 Å². The summed E-state index contributed by atoms with van der Waals surface area (Å²) in [7, 11) is 1.35. The zero-order valence-electron chi connectivity index (χ0n) is 10.8. The van der Waals surface area contributed by atoms with Crippen LogP contribution in [-0.2, 0) is 0 Å². The first-order valence-corrected chi connectivity index (χ1v) is 5.63. The fourth-order valence-electron chi connectivity index (χ4n) is 1.47. The molecular formula is C11H10N6O4. The summed E-state index contributed by atoms with van der Waals surface area (Å²) in [4.78, 5) is 24.8. The minimum atomic E-state index is -0.615. The molecule has 21 heavy (non-hydrogen) atoms. The van der Waals surface area contributed by atoms with Crippen molar-refractivity contribution in [1.82, 2.24) is 15.2 Å². The molecule has 10 heteroatoms. The van der Waals surface area contributed by atoms with Gasteiger partial charge in [-0.2, -0.15) is 15.2 Å². The van der Waals surface area contributed by atoms with Crippen LogP contribution in [0.3, 0.4) is 0 Å². The number of nitro groups is 1. The van der Waals surface area contributed by atoms with Crippen LogP contribution >= 0.6 is 0 Å². The van der Waals surface area contributed by atoms with E-state index in [1.54, 1.807) is 6.07 Å². The lowest BCUT2D eigenvalue weighted by Crippen LogP contribution is -2.13. The van der Waals surface area contributed by atoms with Crippen molar-refractivity contribution in [2.24, 2.45) is 5.10 Å². The van der Waals surface area contributed by atoms with Gasteiger partial charge in [0, 0.05) is 11.6 Å². The molecule has 10 nitrogen and oxygen atoms in total. The number of ether oxygens (including phenoxy) is 1. The van der Waals surface area contributed by atoms with Crippen LogP contribution in [0.15, 0.2) is 34.3 Å². The Kier molecular flexibility index (Phi) is 4.19. The van der Waals surface area contributed by atoms with Gasteiger partial charge in [-0.15, -0.1) is 0 Å². The van der Waals surface area contributed by atoms with Gasteiger partial charge in [-0.05, 0) is 12.1 Å². The molecule has 0 bridgehead atoms. The number of nitro benzene ring substituents is 1. The van der Waals surface area contributed by atoms with E-state index >= 15 is 0 Å². The van der Waals surface area contributed by atoms with E-state index in [2.05, 4.69) is 25.7 Å². The van der Waals surface area contributed by atoms with Crippen LogP contribution < -0.4 is 15.9 Å². The Labute approximate surface area is 117 Å². The molecule has 2 aromatic rings. The van der Waals surface area contributed by atoms with Crippen LogP contribution in [0.1, 0.15) is 5.56 Å². The molecule has 0 amide bonds. The number of hydrogen-bond acceptors (Lipinski definition) is 8. The number of rotatable bonds is 5. The van der Waals surface area contributed by atoms with E-state index in [4.69, 9.17) is 4.74 Å². The maximum atomic E-state index is 10.9. The molecule has 108 valence electrons. The summed E-state index contributed by atoms with van der Waals surface area (Å²) in [6, 6.07) is 4.38. The second kappa shape index (κ2) is 6.23. The Hall–Kier alpha value is -3.30. The highest BCUT2D eigenvalue weighted by Gasteiger charge is 2.14. The van der Waals surface area contributed by atoms with Crippen LogP contribution in [-0.4, -0.2) is 33.4 Å². The van der Waals surface area contributed by atoms with Gasteiger partial charge in [-0.3, -0.25) is 15.5 Å². The molecule has 1 aromatic heterocycles. The number of anilines is 1. The molecule has 0 saturated carbocycles. The molecule has 0 atom stereocenters. The highest BCUT2D eigenvalue weighted by Crippen LogP contribution is 2.26. The van der Waals surface area contributed by atoms with Crippen LogP contribution in [0, 0.1) is 10.1 Å². The molecular weight excluding hydrogens is 280 g/mol. The third kappa shape index (κ3) is 3.59. The minimum Gasteiger partial charge on any atom is -0.490 e. The highest BCUT2D eigenvalue weighted by atomic mass is 16.6. The average molecular weight is 290 g/mol. The van der Waals surface area contributed by atoms with Crippen molar-refractivity contribution in [1.29, 1.82) is 0 Å². The van der Waals surface area contributed by atoms with Gasteiger partial charge in [-0.25, -0.2) is 9.89 Å². The Morgan fingerprint density at radius 3 is 3.00 bits per heavy atom. The van der Waals surface area contributed by atoms with Gasteiger partial charge >= 0.3 is 11.4 Å². The van der Waals surface area contributed by atoms with E-state index in [-0.39, 0.29) is 17.3 Å².